The molecule has 5 nitrogen and oxygen atoms in total. The molecule has 2 aromatic carbocycles. The van der Waals surface area contributed by atoms with Crippen molar-refractivity contribution in [3.8, 4) is 6.07 Å². The van der Waals surface area contributed by atoms with Crippen molar-refractivity contribution in [2.24, 2.45) is 0 Å². The van der Waals surface area contributed by atoms with Crippen molar-refractivity contribution >= 4 is 11.8 Å². The monoisotopic (exact) mass is 279 g/mol. The second-order valence-corrected chi connectivity index (χ2v) is 4.42. The van der Waals surface area contributed by atoms with E-state index in [-0.39, 0.29) is 0 Å². The molecule has 0 saturated carbocycles. The first-order chi connectivity index (χ1) is 10.1. The molecule has 0 bridgehead atoms. The lowest BCUT2D eigenvalue weighted by atomic mass is 10.1. The van der Waals surface area contributed by atoms with Crippen LogP contribution in [0.2, 0.25) is 0 Å². The van der Waals surface area contributed by atoms with Gasteiger partial charge in [0.05, 0.1) is 11.6 Å². The van der Waals surface area contributed by atoms with Crippen LogP contribution in [0.1, 0.15) is 31.8 Å². The fourth-order valence-electron chi connectivity index (χ4n) is 1.81. The van der Waals surface area contributed by atoms with Crippen molar-refractivity contribution in [1.82, 2.24) is 10.9 Å². The molecule has 0 aliphatic carbocycles. The van der Waals surface area contributed by atoms with Crippen LogP contribution in [-0.2, 0) is 0 Å². The zero-order chi connectivity index (χ0) is 15.2. The molecule has 0 radical (unpaired) electrons. The Hall–Kier alpha value is -3.13. The van der Waals surface area contributed by atoms with Crippen LogP contribution in [-0.4, -0.2) is 11.8 Å². The Morgan fingerprint density at radius 1 is 1.00 bits per heavy atom. The summed E-state index contributed by atoms with van der Waals surface area (Å²) in [6, 6.07) is 15.2. The van der Waals surface area contributed by atoms with Gasteiger partial charge < -0.3 is 0 Å². The molecule has 2 amide bonds. The minimum absolute atomic E-state index is 0.305. The molecule has 2 rings (SSSR count). The van der Waals surface area contributed by atoms with Crippen LogP contribution in [0.25, 0.3) is 0 Å². The van der Waals surface area contributed by atoms with Gasteiger partial charge in [0.15, 0.2) is 0 Å². The van der Waals surface area contributed by atoms with Crippen LogP contribution in [0.5, 0.6) is 0 Å². The van der Waals surface area contributed by atoms with Gasteiger partial charge in [-0.1, -0.05) is 24.3 Å². The highest BCUT2D eigenvalue weighted by molar-refractivity contribution is 5.99. The molecule has 0 atom stereocenters. The number of hydrazine groups is 1. The van der Waals surface area contributed by atoms with Gasteiger partial charge in [0.1, 0.15) is 0 Å². The number of hydrogen-bond donors (Lipinski definition) is 2. The van der Waals surface area contributed by atoms with Gasteiger partial charge >= 0.3 is 0 Å². The maximum Gasteiger partial charge on any atom is 0.269 e. The van der Waals surface area contributed by atoms with E-state index in [2.05, 4.69) is 10.9 Å². The number of carbonyl (C=O) groups is 2. The third kappa shape index (κ3) is 3.45. The Balaban J connectivity index is 2.03. The minimum atomic E-state index is -0.478. The van der Waals surface area contributed by atoms with Crippen molar-refractivity contribution in [3.63, 3.8) is 0 Å². The maximum absolute atomic E-state index is 11.9. The Bertz CT molecular complexity index is 732. The summed E-state index contributed by atoms with van der Waals surface area (Å²) in [7, 11) is 0. The molecule has 0 fully saturated rings. The largest absolute Gasteiger partial charge is 0.269 e. The zero-order valence-electron chi connectivity index (χ0n) is 11.4. The van der Waals surface area contributed by atoms with E-state index in [1.165, 1.54) is 6.07 Å². The molecular weight excluding hydrogens is 266 g/mol. The fourth-order valence-corrected chi connectivity index (χ4v) is 1.81. The van der Waals surface area contributed by atoms with Gasteiger partial charge in [-0.3, -0.25) is 20.4 Å². The number of carbonyl (C=O) groups excluding carboxylic acids is 2. The van der Waals surface area contributed by atoms with Crippen LogP contribution in [0.4, 0.5) is 0 Å². The molecular formula is C16H13N3O2. The second kappa shape index (κ2) is 6.35. The molecule has 0 heterocycles. The van der Waals surface area contributed by atoms with E-state index in [4.69, 9.17) is 5.26 Å². The molecule has 2 N–H and O–H groups in total. The Kier molecular flexibility index (Phi) is 4.32. The maximum atomic E-state index is 11.9. The van der Waals surface area contributed by atoms with E-state index in [9.17, 15) is 9.59 Å². The summed E-state index contributed by atoms with van der Waals surface area (Å²) >= 11 is 0. The normalized spacial score (nSPS) is 9.52. The van der Waals surface area contributed by atoms with Crippen LogP contribution in [0.3, 0.4) is 0 Å². The zero-order valence-corrected chi connectivity index (χ0v) is 11.4. The van der Waals surface area contributed by atoms with Crippen LogP contribution in [0.15, 0.2) is 48.5 Å². The number of nitrogens with one attached hydrogen (secondary N) is 2. The molecule has 0 aliphatic rings. The van der Waals surface area contributed by atoms with Crippen molar-refractivity contribution in [3.05, 3.63) is 70.8 Å². The van der Waals surface area contributed by atoms with E-state index in [1.807, 2.05) is 25.1 Å². The summed E-state index contributed by atoms with van der Waals surface area (Å²) < 4.78 is 0. The van der Waals surface area contributed by atoms with Gasteiger partial charge in [-0.25, -0.2) is 0 Å². The highest BCUT2D eigenvalue weighted by atomic mass is 16.2. The van der Waals surface area contributed by atoms with Crippen molar-refractivity contribution in [2.75, 3.05) is 0 Å². The quantitative estimate of drug-likeness (QED) is 0.824. The Morgan fingerprint density at radius 2 is 1.71 bits per heavy atom. The molecule has 0 saturated heterocycles. The molecule has 0 unspecified atom stereocenters. The molecule has 21 heavy (non-hydrogen) atoms. The molecule has 104 valence electrons. The van der Waals surface area contributed by atoms with Crippen LogP contribution >= 0.6 is 0 Å². The second-order valence-electron chi connectivity index (χ2n) is 4.42. The Morgan fingerprint density at radius 3 is 2.43 bits per heavy atom. The first-order valence-electron chi connectivity index (χ1n) is 6.28. The fraction of sp³-hybridized carbons (Fsp3) is 0.0625. The third-order valence-corrected chi connectivity index (χ3v) is 2.93. The van der Waals surface area contributed by atoms with Gasteiger partial charge in [0, 0.05) is 11.1 Å². The standard InChI is InChI=1S/C16H13N3O2/c1-11-5-2-3-8-14(11)16(21)19-18-15(20)13-7-4-6-12(9-13)10-17/h2-9H,1H3,(H,18,20)(H,19,21). The summed E-state index contributed by atoms with van der Waals surface area (Å²) in [5.74, 6) is -0.869. The molecule has 2 aromatic rings. The Labute approximate surface area is 122 Å². The van der Waals surface area contributed by atoms with Gasteiger partial charge in [-0.2, -0.15) is 5.26 Å². The number of aryl methyl sites for hydroxylation is 1. The van der Waals surface area contributed by atoms with E-state index < -0.39 is 11.8 Å². The van der Waals surface area contributed by atoms with Gasteiger partial charge in [-0.15, -0.1) is 0 Å². The van der Waals surface area contributed by atoms with Gasteiger partial charge in [-0.05, 0) is 36.8 Å². The minimum Gasteiger partial charge on any atom is -0.267 e. The highest BCUT2D eigenvalue weighted by Gasteiger charge is 2.10. The smallest absolute Gasteiger partial charge is 0.267 e. The SMILES string of the molecule is Cc1ccccc1C(=O)NNC(=O)c1cccc(C#N)c1. The topological polar surface area (TPSA) is 82.0 Å². The van der Waals surface area contributed by atoms with Crippen molar-refractivity contribution < 1.29 is 9.59 Å². The number of nitriles is 1. The number of benzene rings is 2. The molecule has 0 spiro atoms. The number of nitrogens with zero attached hydrogens (tertiary/aromatic N) is 1. The average Bonchev–Trinajstić information content (AvgIpc) is 2.52. The average molecular weight is 279 g/mol. The third-order valence-electron chi connectivity index (χ3n) is 2.93. The van der Waals surface area contributed by atoms with Gasteiger partial charge in [0.25, 0.3) is 11.8 Å². The molecule has 5 heteroatoms. The summed E-state index contributed by atoms with van der Waals surface area (Å²) in [5.41, 5.74) is 6.67. The van der Waals surface area contributed by atoms with E-state index >= 15 is 0 Å². The highest BCUT2D eigenvalue weighted by Crippen LogP contribution is 2.06. The summed E-state index contributed by atoms with van der Waals surface area (Å²) in [6.07, 6.45) is 0. The molecule has 0 aromatic heterocycles. The number of hydrogen-bond acceptors (Lipinski definition) is 3. The first-order valence-corrected chi connectivity index (χ1v) is 6.28. The summed E-state index contributed by atoms with van der Waals surface area (Å²) in [5, 5.41) is 8.79. The van der Waals surface area contributed by atoms with Crippen molar-refractivity contribution in [1.29, 1.82) is 5.26 Å². The number of amides is 2. The summed E-state index contributed by atoms with van der Waals surface area (Å²) in [4.78, 5) is 23.8. The lowest BCUT2D eigenvalue weighted by Gasteiger charge is -2.09. The van der Waals surface area contributed by atoms with E-state index in [0.717, 1.165) is 5.56 Å². The van der Waals surface area contributed by atoms with Crippen molar-refractivity contribution in [2.45, 2.75) is 6.92 Å². The number of rotatable bonds is 2. The predicted octanol–water partition coefficient (Wildman–Crippen LogP) is 1.94. The van der Waals surface area contributed by atoms with E-state index in [0.29, 0.717) is 16.7 Å². The molecule has 0 aliphatic heterocycles. The van der Waals surface area contributed by atoms with Crippen LogP contribution < -0.4 is 10.9 Å². The van der Waals surface area contributed by atoms with E-state index in [1.54, 1.807) is 30.3 Å². The lowest BCUT2D eigenvalue weighted by molar-refractivity contribution is 0.0846. The van der Waals surface area contributed by atoms with Crippen LogP contribution in [0, 0.1) is 18.3 Å². The predicted molar refractivity (Wildman–Crippen MR) is 77.3 cm³/mol. The summed E-state index contributed by atoms with van der Waals surface area (Å²) in [6.45, 7) is 1.81. The van der Waals surface area contributed by atoms with Gasteiger partial charge in [0.2, 0.25) is 0 Å². The lowest BCUT2D eigenvalue weighted by Crippen LogP contribution is -2.41. The first kappa shape index (κ1) is 14.3.